The number of hydrogen-bond acceptors (Lipinski definition) is 4. The number of thioether (sulfide) groups is 1. The van der Waals surface area contributed by atoms with Crippen LogP contribution in [0.15, 0.2) is 29.2 Å². The van der Waals surface area contributed by atoms with Crippen LogP contribution in [-0.4, -0.2) is 30.5 Å². The van der Waals surface area contributed by atoms with Gasteiger partial charge in [0.15, 0.2) is 0 Å². The topological polar surface area (TPSA) is 64.3 Å². The van der Waals surface area contributed by atoms with Crippen LogP contribution >= 0.6 is 11.8 Å². The van der Waals surface area contributed by atoms with Gasteiger partial charge < -0.3 is 15.8 Å². The Morgan fingerprint density at radius 3 is 2.75 bits per heavy atom. The van der Waals surface area contributed by atoms with Crippen molar-refractivity contribution >= 4 is 17.9 Å². The minimum absolute atomic E-state index is 0.125. The van der Waals surface area contributed by atoms with Crippen LogP contribution in [0.5, 0.6) is 0 Å². The Morgan fingerprint density at radius 2 is 2.15 bits per heavy atom. The highest BCUT2D eigenvalue weighted by Gasteiger charge is 2.16. The lowest BCUT2D eigenvalue weighted by Crippen LogP contribution is -2.41. The number of rotatable bonds is 5. The van der Waals surface area contributed by atoms with Crippen molar-refractivity contribution in [1.29, 1.82) is 0 Å². The first-order valence-corrected chi connectivity index (χ1v) is 7.88. The van der Waals surface area contributed by atoms with Crippen molar-refractivity contribution in [3.8, 4) is 0 Å². The number of alkyl carbamates (subject to hydrolysis) is 1. The summed E-state index contributed by atoms with van der Waals surface area (Å²) < 4.78 is 5.17. The maximum absolute atomic E-state index is 11.5. The molecule has 0 saturated heterocycles. The minimum Gasteiger partial charge on any atom is -0.444 e. The van der Waals surface area contributed by atoms with Gasteiger partial charge in [0.25, 0.3) is 0 Å². The van der Waals surface area contributed by atoms with Gasteiger partial charge in [0, 0.05) is 17.5 Å². The highest BCUT2D eigenvalue weighted by atomic mass is 32.2. The first-order valence-electron chi connectivity index (χ1n) is 6.65. The SMILES string of the molecule is CSc1cccc(CC(N)CNC(=O)OC(C)(C)C)c1. The van der Waals surface area contributed by atoms with E-state index in [1.165, 1.54) is 10.5 Å². The fourth-order valence-electron chi connectivity index (χ4n) is 1.70. The van der Waals surface area contributed by atoms with Crippen LogP contribution in [0.1, 0.15) is 26.3 Å². The number of benzene rings is 1. The summed E-state index contributed by atoms with van der Waals surface area (Å²) in [6.45, 7) is 5.90. The van der Waals surface area contributed by atoms with E-state index in [2.05, 4.69) is 17.4 Å². The Labute approximate surface area is 125 Å². The molecule has 1 aromatic rings. The lowest BCUT2D eigenvalue weighted by molar-refractivity contribution is 0.0524. The minimum atomic E-state index is -0.485. The van der Waals surface area contributed by atoms with Gasteiger partial charge in [-0.1, -0.05) is 12.1 Å². The van der Waals surface area contributed by atoms with E-state index in [4.69, 9.17) is 10.5 Å². The molecule has 0 aliphatic heterocycles. The summed E-state index contributed by atoms with van der Waals surface area (Å²) in [6.07, 6.45) is 2.35. The number of nitrogens with one attached hydrogen (secondary N) is 1. The van der Waals surface area contributed by atoms with Crippen LogP contribution in [-0.2, 0) is 11.2 Å². The third kappa shape index (κ3) is 6.82. The molecular weight excluding hydrogens is 272 g/mol. The molecule has 0 aromatic heterocycles. The summed E-state index contributed by atoms with van der Waals surface area (Å²) in [6, 6.07) is 8.14. The van der Waals surface area contributed by atoms with Crippen LogP contribution in [0.4, 0.5) is 4.79 Å². The lowest BCUT2D eigenvalue weighted by atomic mass is 10.1. The summed E-state index contributed by atoms with van der Waals surface area (Å²) in [7, 11) is 0. The van der Waals surface area contributed by atoms with E-state index < -0.39 is 11.7 Å². The Hall–Kier alpha value is -1.20. The van der Waals surface area contributed by atoms with E-state index >= 15 is 0 Å². The maximum Gasteiger partial charge on any atom is 0.407 e. The fourth-order valence-corrected chi connectivity index (χ4v) is 2.19. The number of amides is 1. The van der Waals surface area contributed by atoms with E-state index in [0.29, 0.717) is 6.54 Å². The number of hydrogen-bond donors (Lipinski definition) is 2. The van der Waals surface area contributed by atoms with Gasteiger partial charge in [0.1, 0.15) is 5.60 Å². The van der Waals surface area contributed by atoms with Crippen molar-refractivity contribution in [2.75, 3.05) is 12.8 Å². The third-order valence-electron chi connectivity index (χ3n) is 2.54. The zero-order valence-corrected chi connectivity index (χ0v) is 13.4. The fraction of sp³-hybridized carbons (Fsp3) is 0.533. The predicted octanol–water partition coefficient (Wildman–Crippen LogP) is 2.80. The van der Waals surface area contributed by atoms with Crippen LogP contribution in [0.2, 0.25) is 0 Å². The average molecular weight is 296 g/mol. The molecule has 1 atom stereocenters. The number of nitrogens with two attached hydrogens (primary N) is 1. The molecule has 20 heavy (non-hydrogen) atoms. The Bertz CT molecular complexity index is 444. The molecule has 1 unspecified atom stereocenters. The molecule has 3 N–H and O–H groups in total. The maximum atomic E-state index is 11.5. The van der Waals surface area contributed by atoms with Crippen molar-refractivity contribution in [3.05, 3.63) is 29.8 Å². The molecule has 4 nitrogen and oxygen atoms in total. The Kier molecular flexibility index (Phi) is 6.36. The number of carbonyl (C=O) groups is 1. The van der Waals surface area contributed by atoms with E-state index in [1.807, 2.05) is 39.2 Å². The Balaban J connectivity index is 2.40. The second kappa shape index (κ2) is 7.55. The number of ether oxygens (including phenoxy) is 1. The lowest BCUT2D eigenvalue weighted by Gasteiger charge is -2.20. The molecule has 0 spiro atoms. The van der Waals surface area contributed by atoms with Crippen molar-refractivity contribution in [2.45, 2.75) is 43.7 Å². The molecule has 0 aliphatic rings. The van der Waals surface area contributed by atoms with E-state index in [-0.39, 0.29) is 6.04 Å². The first kappa shape index (κ1) is 16.9. The Morgan fingerprint density at radius 1 is 1.45 bits per heavy atom. The van der Waals surface area contributed by atoms with E-state index in [1.54, 1.807) is 11.8 Å². The average Bonchev–Trinajstić information content (AvgIpc) is 2.34. The molecule has 1 rings (SSSR count). The number of carbonyl (C=O) groups excluding carboxylic acids is 1. The summed E-state index contributed by atoms with van der Waals surface area (Å²) in [5.74, 6) is 0. The van der Waals surface area contributed by atoms with Crippen molar-refractivity contribution in [2.24, 2.45) is 5.73 Å². The molecule has 5 heteroatoms. The predicted molar refractivity (Wildman–Crippen MR) is 84.1 cm³/mol. The van der Waals surface area contributed by atoms with Gasteiger partial charge in [-0.2, -0.15) is 0 Å². The summed E-state index contributed by atoms with van der Waals surface area (Å²) in [4.78, 5) is 12.7. The van der Waals surface area contributed by atoms with Gasteiger partial charge in [0.2, 0.25) is 0 Å². The van der Waals surface area contributed by atoms with Crippen molar-refractivity contribution < 1.29 is 9.53 Å². The molecule has 0 fully saturated rings. The summed E-state index contributed by atoms with van der Waals surface area (Å²) in [5.41, 5.74) is 6.72. The second-order valence-electron chi connectivity index (χ2n) is 5.70. The quantitative estimate of drug-likeness (QED) is 0.820. The van der Waals surface area contributed by atoms with Gasteiger partial charge in [-0.05, 0) is 51.1 Å². The molecule has 0 aliphatic carbocycles. The standard InChI is InChI=1S/C15H24N2O2S/c1-15(2,3)19-14(18)17-10-12(16)8-11-6-5-7-13(9-11)20-4/h5-7,9,12H,8,10,16H2,1-4H3,(H,17,18). The summed E-state index contributed by atoms with van der Waals surface area (Å²) >= 11 is 1.70. The van der Waals surface area contributed by atoms with Gasteiger partial charge in [0.05, 0.1) is 0 Å². The molecule has 0 heterocycles. The zero-order valence-electron chi connectivity index (χ0n) is 12.6. The highest BCUT2D eigenvalue weighted by Crippen LogP contribution is 2.16. The molecular formula is C15H24N2O2S. The van der Waals surface area contributed by atoms with Crippen LogP contribution in [0, 0.1) is 0 Å². The molecule has 1 aromatic carbocycles. The summed E-state index contributed by atoms with van der Waals surface area (Å²) in [5, 5.41) is 2.70. The van der Waals surface area contributed by atoms with Crippen molar-refractivity contribution in [1.82, 2.24) is 5.32 Å². The molecule has 0 radical (unpaired) electrons. The largest absolute Gasteiger partial charge is 0.444 e. The zero-order chi connectivity index (χ0) is 15.2. The van der Waals surface area contributed by atoms with Gasteiger partial charge in [-0.15, -0.1) is 11.8 Å². The molecule has 112 valence electrons. The normalized spacial score (nSPS) is 12.8. The van der Waals surface area contributed by atoms with E-state index in [9.17, 15) is 4.79 Å². The second-order valence-corrected chi connectivity index (χ2v) is 6.58. The third-order valence-corrected chi connectivity index (χ3v) is 3.26. The molecule has 1 amide bonds. The monoisotopic (exact) mass is 296 g/mol. The van der Waals surface area contributed by atoms with Crippen LogP contribution < -0.4 is 11.1 Å². The molecule has 0 saturated carbocycles. The van der Waals surface area contributed by atoms with E-state index in [0.717, 1.165) is 6.42 Å². The van der Waals surface area contributed by atoms with Crippen molar-refractivity contribution in [3.63, 3.8) is 0 Å². The smallest absolute Gasteiger partial charge is 0.407 e. The van der Waals surface area contributed by atoms with Crippen LogP contribution in [0.25, 0.3) is 0 Å². The van der Waals surface area contributed by atoms with Gasteiger partial charge in [-0.25, -0.2) is 4.79 Å². The van der Waals surface area contributed by atoms with Crippen LogP contribution in [0.3, 0.4) is 0 Å². The van der Waals surface area contributed by atoms with Gasteiger partial charge in [-0.3, -0.25) is 0 Å². The van der Waals surface area contributed by atoms with Gasteiger partial charge >= 0.3 is 6.09 Å². The first-order chi connectivity index (χ1) is 9.30. The highest BCUT2D eigenvalue weighted by molar-refractivity contribution is 7.98. The molecule has 0 bridgehead atoms.